The van der Waals surface area contributed by atoms with Crippen molar-refractivity contribution >= 4 is 15.4 Å². The van der Waals surface area contributed by atoms with Gasteiger partial charge in [0.05, 0.1) is 12.0 Å². The van der Waals surface area contributed by atoms with Gasteiger partial charge in [0.1, 0.15) is 23.9 Å². The maximum atomic E-state index is 12.1. The van der Waals surface area contributed by atoms with E-state index in [-0.39, 0.29) is 17.3 Å². The lowest BCUT2D eigenvalue weighted by Gasteiger charge is -2.09. The molecule has 1 N–H and O–H groups in total. The summed E-state index contributed by atoms with van der Waals surface area (Å²) in [4.78, 5) is 0.112. The second kappa shape index (κ2) is 5.38. The average molecular weight is 318 g/mol. The third-order valence-electron chi connectivity index (χ3n) is 3.38. The summed E-state index contributed by atoms with van der Waals surface area (Å²) in [5.41, 5.74) is 0.750. The maximum absolute atomic E-state index is 12.1. The molecule has 0 radical (unpaired) electrons. The zero-order valence-electron chi connectivity index (χ0n) is 11.8. The lowest BCUT2D eigenvalue weighted by Crippen LogP contribution is -2.00. The number of ether oxygens (including phenoxy) is 2. The molecule has 0 unspecified atom stereocenters. The number of hydrogen-bond donors (Lipinski definition) is 1. The van der Waals surface area contributed by atoms with Crippen molar-refractivity contribution in [2.24, 2.45) is 0 Å². The summed E-state index contributed by atoms with van der Waals surface area (Å²) in [6.07, 6.45) is 0. The highest BCUT2D eigenvalue weighted by atomic mass is 32.2. The number of methoxy groups -OCH3 is 1. The van der Waals surface area contributed by atoms with Crippen LogP contribution in [0.25, 0.3) is 5.57 Å². The van der Waals surface area contributed by atoms with Gasteiger partial charge in [0.2, 0.25) is 9.84 Å². The van der Waals surface area contributed by atoms with Gasteiger partial charge in [-0.25, -0.2) is 8.42 Å². The second-order valence-corrected chi connectivity index (χ2v) is 6.57. The van der Waals surface area contributed by atoms with E-state index < -0.39 is 9.84 Å². The zero-order chi connectivity index (χ0) is 15.7. The Morgan fingerprint density at radius 3 is 2.41 bits per heavy atom. The molecule has 0 bridgehead atoms. The second-order valence-electron chi connectivity index (χ2n) is 4.80. The van der Waals surface area contributed by atoms with Crippen molar-refractivity contribution in [2.75, 3.05) is 13.7 Å². The fraction of sp³-hybridized carbons (Fsp3) is 0.125. The first-order chi connectivity index (χ1) is 10.5. The molecule has 0 amide bonds. The van der Waals surface area contributed by atoms with Crippen LogP contribution in [0, 0.1) is 0 Å². The van der Waals surface area contributed by atoms with Gasteiger partial charge in [0, 0.05) is 16.5 Å². The predicted molar refractivity (Wildman–Crippen MR) is 81.8 cm³/mol. The van der Waals surface area contributed by atoms with Crippen LogP contribution in [0.1, 0.15) is 5.56 Å². The van der Waals surface area contributed by atoms with Gasteiger partial charge < -0.3 is 14.6 Å². The number of sulfone groups is 1. The molecule has 114 valence electrons. The molecule has 0 saturated carbocycles. The van der Waals surface area contributed by atoms with Crippen LogP contribution in [0.3, 0.4) is 0 Å². The van der Waals surface area contributed by atoms with Crippen molar-refractivity contribution in [3.05, 3.63) is 53.4 Å². The van der Waals surface area contributed by atoms with E-state index in [1.807, 2.05) is 0 Å². The molecular weight excluding hydrogens is 304 g/mol. The summed E-state index contributed by atoms with van der Waals surface area (Å²) >= 11 is 0. The molecule has 0 aromatic heterocycles. The van der Waals surface area contributed by atoms with E-state index >= 15 is 0 Å². The molecule has 3 rings (SSSR count). The van der Waals surface area contributed by atoms with Gasteiger partial charge in [-0.2, -0.15) is 0 Å². The predicted octanol–water partition coefficient (Wildman–Crippen LogP) is 2.61. The molecule has 0 spiro atoms. The number of rotatable bonds is 4. The van der Waals surface area contributed by atoms with Gasteiger partial charge in [0.25, 0.3) is 0 Å². The summed E-state index contributed by atoms with van der Waals surface area (Å²) in [6, 6.07) is 11.4. The smallest absolute Gasteiger partial charge is 0.200 e. The fourth-order valence-electron chi connectivity index (χ4n) is 2.33. The molecule has 22 heavy (non-hydrogen) atoms. The van der Waals surface area contributed by atoms with Crippen molar-refractivity contribution in [1.29, 1.82) is 0 Å². The van der Waals surface area contributed by atoms with Gasteiger partial charge in [0.15, 0.2) is 0 Å². The van der Waals surface area contributed by atoms with E-state index in [1.165, 1.54) is 18.2 Å². The minimum atomic E-state index is -3.51. The largest absolute Gasteiger partial charge is 0.507 e. The summed E-state index contributed by atoms with van der Waals surface area (Å²) in [5, 5.41) is 11.1. The van der Waals surface area contributed by atoms with Crippen LogP contribution in [0.15, 0.2) is 52.8 Å². The SMILES string of the molecule is COc1ccc(OCC2=CS(=O)(=O)c3cccc(O)c32)cc1. The molecule has 5 nitrogen and oxygen atoms in total. The topological polar surface area (TPSA) is 72.8 Å². The Morgan fingerprint density at radius 1 is 1.05 bits per heavy atom. The number of benzene rings is 2. The third-order valence-corrected chi connectivity index (χ3v) is 4.93. The van der Waals surface area contributed by atoms with E-state index in [0.717, 1.165) is 5.41 Å². The molecule has 1 heterocycles. The van der Waals surface area contributed by atoms with Crippen molar-refractivity contribution < 1.29 is 23.0 Å². The van der Waals surface area contributed by atoms with Crippen molar-refractivity contribution in [3.63, 3.8) is 0 Å². The minimum Gasteiger partial charge on any atom is -0.507 e. The fourth-order valence-corrected chi connectivity index (χ4v) is 3.80. The Hall–Kier alpha value is -2.47. The van der Waals surface area contributed by atoms with Crippen LogP contribution < -0.4 is 9.47 Å². The highest BCUT2D eigenvalue weighted by Gasteiger charge is 2.29. The van der Waals surface area contributed by atoms with Crippen LogP contribution in [0.2, 0.25) is 0 Å². The Bertz CT molecular complexity index is 835. The highest BCUT2D eigenvalue weighted by molar-refractivity contribution is 7.95. The first-order valence-electron chi connectivity index (χ1n) is 6.56. The average Bonchev–Trinajstić information content (AvgIpc) is 2.78. The summed E-state index contributed by atoms with van der Waals surface area (Å²) < 4.78 is 34.8. The minimum absolute atomic E-state index is 0.0517. The Labute approximate surface area is 128 Å². The maximum Gasteiger partial charge on any atom is 0.200 e. The first kappa shape index (κ1) is 14.5. The quantitative estimate of drug-likeness (QED) is 0.938. The molecular formula is C16H14O5S. The zero-order valence-corrected chi connectivity index (χ0v) is 12.6. The molecule has 0 aliphatic carbocycles. The van der Waals surface area contributed by atoms with Crippen molar-refractivity contribution in [1.82, 2.24) is 0 Å². The Balaban J connectivity index is 1.85. The van der Waals surface area contributed by atoms with Crippen molar-refractivity contribution in [2.45, 2.75) is 4.90 Å². The first-order valence-corrected chi connectivity index (χ1v) is 8.11. The van der Waals surface area contributed by atoms with Crippen LogP contribution >= 0.6 is 0 Å². The number of hydrogen-bond acceptors (Lipinski definition) is 5. The number of fused-ring (bicyclic) bond motifs is 1. The van der Waals surface area contributed by atoms with Crippen molar-refractivity contribution in [3.8, 4) is 17.2 Å². The van der Waals surface area contributed by atoms with Gasteiger partial charge in [-0.15, -0.1) is 0 Å². The summed E-state index contributed by atoms with van der Waals surface area (Å²) in [6.45, 7) is 0.0517. The molecule has 2 aromatic carbocycles. The molecule has 1 aliphatic rings. The normalized spacial score (nSPS) is 15.0. The van der Waals surface area contributed by atoms with E-state index in [1.54, 1.807) is 31.4 Å². The van der Waals surface area contributed by atoms with Crippen LogP contribution in [0.5, 0.6) is 17.2 Å². The van der Waals surface area contributed by atoms with Gasteiger partial charge in [-0.3, -0.25) is 0 Å². The Morgan fingerprint density at radius 2 is 1.73 bits per heavy atom. The van der Waals surface area contributed by atoms with Crippen LogP contribution in [-0.4, -0.2) is 27.2 Å². The number of phenolic OH excluding ortho intramolecular Hbond substituents is 1. The third kappa shape index (κ3) is 2.53. The number of phenols is 1. The van der Waals surface area contributed by atoms with Crippen LogP contribution in [0.4, 0.5) is 0 Å². The monoisotopic (exact) mass is 318 g/mol. The molecule has 1 aliphatic heterocycles. The van der Waals surface area contributed by atoms with Gasteiger partial charge in [-0.1, -0.05) is 6.07 Å². The standard InChI is InChI=1S/C16H14O5S/c1-20-12-5-7-13(8-6-12)21-9-11-10-22(18,19)15-4-2-3-14(17)16(11)15/h2-8,10,17H,9H2,1H3. The highest BCUT2D eigenvalue weighted by Crippen LogP contribution is 2.39. The summed E-state index contributed by atoms with van der Waals surface area (Å²) in [5.74, 6) is 1.23. The summed E-state index contributed by atoms with van der Waals surface area (Å²) in [7, 11) is -1.94. The lowest BCUT2D eigenvalue weighted by molar-refractivity contribution is 0.366. The van der Waals surface area contributed by atoms with E-state index in [2.05, 4.69) is 0 Å². The molecule has 2 aromatic rings. The molecule has 0 atom stereocenters. The van der Waals surface area contributed by atoms with E-state index in [9.17, 15) is 13.5 Å². The molecule has 0 fully saturated rings. The molecule has 0 saturated heterocycles. The number of aromatic hydroxyl groups is 1. The lowest BCUT2D eigenvalue weighted by atomic mass is 10.1. The van der Waals surface area contributed by atoms with Gasteiger partial charge >= 0.3 is 0 Å². The van der Waals surface area contributed by atoms with E-state index in [4.69, 9.17) is 9.47 Å². The van der Waals surface area contributed by atoms with E-state index in [0.29, 0.717) is 22.6 Å². The van der Waals surface area contributed by atoms with Gasteiger partial charge in [-0.05, 0) is 36.4 Å². The Kier molecular flexibility index (Phi) is 3.54. The van der Waals surface area contributed by atoms with Crippen LogP contribution in [-0.2, 0) is 9.84 Å². The molecule has 6 heteroatoms.